The van der Waals surface area contributed by atoms with Crippen molar-refractivity contribution in [2.45, 2.75) is 5.41 Å². The van der Waals surface area contributed by atoms with E-state index in [2.05, 4.69) is 205 Å². The van der Waals surface area contributed by atoms with Crippen LogP contribution in [-0.4, -0.2) is 0 Å². The molecular weight excluding hydrogens is 627 g/mol. The van der Waals surface area contributed by atoms with Crippen molar-refractivity contribution in [2.75, 3.05) is 4.90 Å². The van der Waals surface area contributed by atoms with Crippen LogP contribution >= 0.6 is 0 Å². The SMILES string of the molecule is c1ccc(-c2cccc(N(c3ccccc3)c3ccc4c5c(ccc4c3)-c3c(ccc4ccccc34)C53c4ccccc4-c4ccccc43)c2)cc1. The molecular formula is C51H33N. The Kier molecular flexibility index (Phi) is 6.23. The predicted molar refractivity (Wildman–Crippen MR) is 218 cm³/mol. The zero-order valence-corrected chi connectivity index (χ0v) is 28.5. The smallest absolute Gasteiger partial charge is 0.0731 e. The van der Waals surface area contributed by atoms with Gasteiger partial charge in [0.05, 0.1) is 5.41 Å². The first-order valence-corrected chi connectivity index (χ1v) is 18.1. The molecule has 0 unspecified atom stereocenters. The topological polar surface area (TPSA) is 3.24 Å². The predicted octanol–water partition coefficient (Wildman–Crippen LogP) is 13.5. The Morgan fingerprint density at radius 2 is 0.942 bits per heavy atom. The number of fused-ring (bicyclic) bond motifs is 14. The van der Waals surface area contributed by atoms with Crippen molar-refractivity contribution in [1.29, 1.82) is 0 Å². The first kappa shape index (κ1) is 29.1. The molecule has 0 aromatic heterocycles. The lowest BCUT2D eigenvalue weighted by Gasteiger charge is -2.32. The molecule has 0 heterocycles. The summed E-state index contributed by atoms with van der Waals surface area (Å²) in [4.78, 5) is 2.39. The largest absolute Gasteiger partial charge is 0.310 e. The molecule has 2 aliphatic carbocycles. The second-order valence-electron chi connectivity index (χ2n) is 14.0. The Hall–Kier alpha value is -6.70. The van der Waals surface area contributed by atoms with E-state index in [1.165, 1.54) is 77.2 Å². The summed E-state index contributed by atoms with van der Waals surface area (Å²) in [6.07, 6.45) is 0. The fourth-order valence-corrected chi connectivity index (χ4v) is 9.35. The number of rotatable bonds is 4. The van der Waals surface area contributed by atoms with Crippen LogP contribution in [0.5, 0.6) is 0 Å². The second-order valence-corrected chi connectivity index (χ2v) is 14.0. The third kappa shape index (κ3) is 3.99. The maximum absolute atomic E-state index is 2.41. The fourth-order valence-electron chi connectivity index (χ4n) is 9.35. The highest BCUT2D eigenvalue weighted by Crippen LogP contribution is 2.65. The van der Waals surface area contributed by atoms with Crippen LogP contribution in [0.3, 0.4) is 0 Å². The molecule has 0 aliphatic heterocycles. The van der Waals surface area contributed by atoms with Crippen molar-refractivity contribution in [3.63, 3.8) is 0 Å². The van der Waals surface area contributed by atoms with Gasteiger partial charge in [-0.2, -0.15) is 0 Å². The van der Waals surface area contributed by atoms with Crippen LogP contribution in [0.15, 0.2) is 200 Å². The maximum atomic E-state index is 2.41. The zero-order valence-electron chi connectivity index (χ0n) is 28.5. The summed E-state index contributed by atoms with van der Waals surface area (Å²) >= 11 is 0. The van der Waals surface area contributed by atoms with Gasteiger partial charge in [0.25, 0.3) is 0 Å². The molecule has 1 heteroatoms. The van der Waals surface area contributed by atoms with Gasteiger partial charge in [-0.1, -0.05) is 164 Å². The molecule has 9 aromatic rings. The van der Waals surface area contributed by atoms with Crippen molar-refractivity contribution in [2.24, 2.45) is 0 Å². The fraction of sp³-hybridized carbons (Fsp3) is 0.0196. The molecule has 1 nitrogen and oxygen atoms in total. The summed E-state index contributed by atoms with van der Waals surface area (Å²) in [5, 5.41) is 5.11. The van der Waals surface area contributed by atoms with Crippen LogP contribution in [-0.2, 0) is 5.41 Å². The minimum Gasteiger partial charge on any atom is -0.310 e. The molecule has 11 rings (SSSR count). The van der Waals surface area contributed by atoms with Crippen LogP contribution < -0.4 is 4.90 Å². The number of anilines is 3. The molecule has 0 N–H and O–H groups in total. The van der Waals surface area contributed by atoms with Gasteiger partial charge in [-0.3, -0.25) is 0 Å². The van der Waals surface area contributed by atoms with Gasteiger partial charge in [0, 0.05) is 17.1 Å². The Morgan fingerprint density at radius 3 is 1.73 bits per heavy atom. The van der Waals surface area contributed by atoms with Crippen molar-refractivity contribution < 1.29 is 0 Å². The number of hydrogen-bond acceptors (Lipinski definition) is 1. The second kappa shape index (κ2) is 11.2. The van der Waals surface area contributed by atoms with Crippen LogP contribution in [0.1, 0.15) is 22.3 Å². The van der Waals surface area contributed by atoms with Crippen LogP contribution in [0.4, 0.5) is 17.1 Å². The average Bonchev–Trinajstić information content (AvgIpc) is 3.69. The van der Waals surface area contributed by atoms with E-state index in [0.717, 1.165) is 17.1 Å². The molecule has 0 saturated carbocycles. The van der Waals surface area contributed by atoms with Gasteiger partial charge >= 0.3 is 0 Å². The third-order valence-electron chi connectivity index (χ3n) is 11.4. The average molecular weight is 660 g/mol. The van der Waals surface area contributed by atoms with E-state index in [4.69, 9.17) is 0 Å². The maximum Gasteiger partial charge on any atom is 0.0731 e. The third-order valence-corrected chi connectivity index (χ3v) is 11.4. The van der Waals surface area contributed by atoms with E-state index in [-0.39, 0.29) is 0 Å². The van der Waals surface area contributed by atoms with Crippen LogP contribution in [0.25, 0.3) is 54.9 Å². The molecule has 242 valence electrons. The van der Waals surface area contributed by atoms with Gasteiger partial charge in [-0.05, 0) is 114 Å². The Labute approximate surface area is 303 Å². The minimum absolute atomic E-state index is 0.425. The molecule has 9 aromatic carbocycles. The molecule has 0 radical (unpaired) electrons. The molecule has 52 heavy (non-hydrogen) atoms. The molecule has 0 fully saturated rings. The number of benzene rings is 9. The Morgan fingerprint density at radius 1 is 0.327 bits per heavy atom. The number of hydrogen-bond donors (Lipinski definition) is 0. The van der Waals surface area contributed by atoms with Crippen LogP contribution in [0, 0.1) is 0 Å². The molecule has 2 aliphatic rings. The summed E-state index contributed by atoms with van der Waals surface area (Å²) in [5.74, 6) is 0. The summed E-state index contributed by atoms with van der Waals surface area (Å²) in [7, 11) is 0. The Bertz CT molecular complexity index is 2800. The highest BCUT2D eigenvalue weighted by atomic mass is 15.1. The lowest BCUT2D eigenvalue weighted by molar-refractivity contribution is 0.802. The number of nitrogens with zero attached hydrogens (tertiary/aromatic N) is 1. The molecule has 0 amide bonds. The highest BCUT2D eigenvalue weighted by molar-refractivity contribution is 6.11. The Balaban J connectivity index is 1.19. The van der Waals surface area contributed by atoms with E-state index < -0.39 is 5.41 Å². The summed E-state index contributed by atoms with van der Waals surface area (Å²) in [5.41, 5.74) is 16.2. The summed E-state index contributed by atoms with van der Waals surface area (Å²) < 4.78 is 0. The van der Waals surface area contributed by atoms with Crippen molar-refractivity contribution in [3.8, 4) is 33.4 Å². The minimum atomic E-state index is -0.425. The monoisotopic (exact) mass is 659 g/mol. The first-order valence-electron chi connectivity index (χ1n) is 18.1. The standard InChI is InChI=1S/C51H33N/c1-3-14-34(15-4-1)36-17-13-20-39(32-36)52(38-18-5-2-6-19-38)40-28-30-42-37(33-40)26-29-45-49-41-21-8-7-16-35(41)27-31-48(49)51(50(42)45)46-24-11-9-22-43(46)44-23-10-12-25-47(44)51/h1-33H. The van der Waals surface area contributed by atoms with E-state index in [9.17, 15) is 0 Å². The summed E-state index contributed by atoms with van der Waals surface area (Å²) in [6.45, 7) is 0. The van der Waals surface area contributed by atoms with Crippen molar-refractivity contribution >= 4 is 38.6 Å². The van der Waals surface area contributed by atoms with E-state index in [0.29, 0.717) is 0 Å². The van der Waals surface area contributed by atoms with Crippen LogP contribution in [0.2, 0.25) is 0 Å². The van der Waals surface area contributed by atoms with E-state index in [1.54, 1.807) is 0 Å². The van der Waals surface area contributed by atoms with Gasteiger partial charge in [-0.25, -0.2) is 0 Å². The van der Waals surface area contributed by atoms with Crippen molar-refractivity contribution in [3.05, 3.63) is 222 Å². The molecule has 0 bridgehead atoms. The van der Waals surface area contributed by atoms with Gasteiger partial charge < -0.3 is 4.90 Å². The zero-order chi connectivity index (χ0) is 34.2. The quantitative estimate of drug-likeness (QED) is 0.182. The lowest BCUT2D eigenvalue weighted by atomic mass is 9.69. The van der Waals surface area contributed by atoms with E-state index >= 15 is 0 Å². The van der Waals surface area contributed by atoms with Gasteiger partial charge in [0.2, 0.25) is 0 Å². The van der Waals surface area contributed by atoms with Gasteiger partial charge in [0.15, 0.2) is 0 Å². The lowest BCUT2D eigenvalue weighted by Crippen LogP contribution is -2.26. The normalized spacial score (nSPS) is 13.2. The highest BCUT2D eigenvalue weighted by Gasteiger charge is 2.52. The summed E-state index contributed by atoms with van der Waals surface area (Å²) in [6, 6.07) is 73.9. The van der Waals surface area contributed by atoms with E-state index in [1.807, 2.05) is 0 Å². The molecule has 0 atom stereocenters. The molecule has 0 saturated heterocycles. The molecule has 1 spiro atoms. The van der Waals surface area contributed by atoms with Gasteiger partial charge in [0.1, 0.15) is 0 Å². The van der Waals surface area contributed by atoms with Gasteiger partial charge in [-0.15, -0.1) is 0 Å². The first-order chi connectivity index (χ1) is 25.8. The number of para-hydroxylation sites is 1. The van der Waals surface area contributed by atoms with Crippen molar-refractivity contribution in [1.82, 2.24) is 0 Å².